The van der Waals surface area contributed by atoms with E-state index < -0.39 is 0 Å². The molecule has 3 aliphatic rings. The van der Waals surface area contributed by atoms with Gasteiger partial charge in [-0.3, -0.25) is 4.90 Å². The summed E-state index contributed by atoms with van der Waals surface area (Å²) in [6.45, 7) is 11.6. The second-order valence-corrected chi connectivity index (χ2v) is 7.01. The highest BCUT2D eigenvalue weighted by molar-refractivity contribution is 5.02. The fraction of sp³-hybridized carbons (Fsp3) is 0.882. The molecule has 3 nitrogen and oxygen atoms in total. The van der Waals surface area contributed by atoms with Gasteiger partial charge in [-0.15, -0.1) is 0 Å². The van der Waals surface area contributed by atoms with Crippen molar-refractivity contribution in [3.63, 3.8) is 0 Å². The average molecular weight is 277 g/mol. The van der Waals surface area contributed by atoms with Gasteiger partial charge in [-0.2, -0.15) is 0 Å². The average Bonchev–Trinajstić information content (AvgIpc) is 3.31. The van der Waals surface area contributed by atoms with Crippen molar-refractivity contribution in [3.05, 3.63) is 12.2 Å². The molecule has 3 rings (SSSR count). The molecule has 0 aromatic rings. The zero-order valence-electron chi connectivity index (χ0n) is 12.9. The Morgan fingerprint density at radius 1 is 0.950 bits per heavy atom. The Morgan fingerprint density at radius 2 is 1.65 bits per heavy atom. The molecule has 0 unspecified atom stereocenters. The first-order chi connectivity index (χ1) is 9.81. The van der Waals surface area contributed by atoms with Crippen LogP contribution in [0.15, 0.2) is 12.2 Å². The highest BCUT2D eigenvalue weighted by Gasteiger charge is 2.26. The number of piperidine rings is 2. The Hall–Kier alpha value is -0.380. The molecule has 114 valence electrons. The molecule has 2 aliphatic heterocycles. The van der Waals surface area contributed by atoms with Crippen molar-refractivity contribution in [2.75, 3.05) is 39.3 Å². The minimum Gasteiger partial charge on any atom is -0.310 e. The molecule has 2 saturated heterocycles. The Balaban J connectivity index is 1.33. The first kappa shape index (κ1) is 14.6. The standard InChI is InChI=1S/C17H31N3/c1-15(13-18-16-5-6-16)14-19-11-7-17(8-12-19)20-9-3-2-4-10-20/h16-18H,1-14H2. The second-order valence-electron chi connectivity index (χ2n) is 7.01. The van der Waals surface area contributed by atoms with Crippen LogP contribution in [0.3, 0.4) is 0 Å². The Kier molecular flexibility index (Phi) is 5.14. The topological polar surface area (TPSA) is 18.5 Å². The van der Waals surface area contributed by atoms with E-state index in [0.717, 1.165) is 25.2 Å². The summed E-state index contributed by atoms with van der Waals surface area (Å²) < 4.78 is 0. The summed E-state index contributed by atoms with van der Waals surface area (Å²) in [6, 6.07) is 1.67. The van der Waals surface area contributed by atoms with Gasteiger partial charge in [0.25, 0.3) is 0 Å². The van der Waals surface area contributed by atoms with Gasteiger partial charge in [-0.25, -0.2) is 0 Å². The summed E-state index contributed by atoms with van der Waals surface area (Å²) in [5.74, 6) is 0. The molecule has 20 heavy (non-hydrogen) atoms. The number of rotatable bonds is 6. The van der Waals surface area contributed by atoms with Gasteiger partial charge in [0.15, 0.2) is 0 Å². The number of hydrogen-bond acceptors (Lipinski definition) is 3. The predicted molar refractivity (Wildman–Crippen MR) is 85.1 cm³/mol. The zero-order valence-corrected chi connectivity index (χ0v) is 12.9. The van der Waals surface area contributed by atoms with Gasteiger partial charge in [-0.1, -0.05) is 13.0 Å². The summed E-state index contributed by atoms with van der Waals surface area (Å²) in [5.41, 5.74) is 1.37. The highest BCUT2D eigenvalue weighted by Crippen LogP contribution is 2.21. The lowest BCUT2D eigenvalue weighted by molar-refractivity contribution is 0.0962. The molecule has 0 radical (unpaired) electrons. The van der Waals surface area contributed by atoms with Crippen LogP contribution in [-0.2, 0) is 0 Å². The smallest absolute Gasteiger partial charge is 0.0202 e. The quantitative estimate of drug-likeness (QED) is 0.751. The van der Waals surface area contributed by atoms with E-state index in [1.165, 1.54) is 76.7 Å². The third kappa shape index (κ3) is 4.31. The molecule has 1 saturated carbocycles. The number of hydrogen-bond donors (Lipinski definition) is 1. The monoisotopic (exact) mass is 277 g/mol. The first-order valence-electron chi connectivity index (χ1n) is 8.68. The second kappa shape index (κ2) is 7.06. The molecule has 1 aliphatic carbocycles. The third-order valence-electron chi connectivity index (χ3n) is 5.13. The summed E-state index contributed by atoms with van der Waals surface area (Å²) in [5, 5.41) is 3.57. The minimum atomic E-state index is 0.802. The Morgan fingerprint density at radius 3 is 2.30 bits per heavy atom. The highest BCUT2D eigenvalue weighted by atomic mass is 15.2. The van der Waals surface area contributed by atoms with Gasteiger partial charge in [0.1, 0.15) is 0 Å². The number of nitrogens with one attached hydrogen (secondary N) is 1. The maximum Gasteiger partial charge on any atom is 0.0202 e. The van der Waals surface area contributed by atoms with Gasteiger partial charge in [0, 0.05) is 25.2 Å². The molecular formula is C17H31N3. The van der Waals surface area contributed by atoms with Crippen molar-refractivity contribution in [2.45, 2.75) is 57.0 Å². The van der Waals surface area contributed by atoms with Gasteiger partial charge in [-0.05, 0) is 70.3 Å². The molecule has 3 heteroatoms. The molecule has 1 N–H and O–H groups in total. The van der Waals surface area contributed by atoms with Gasteiger partial charge >= 0.3 is 0 Å². The van der Waals surface area contributed by atoms with E-state index >= 15 is 0 Å². The van der Waals surface area contributed by atoms with Crippen molar-refractivity contribution >= 4 is 0 Å². The van der Waals surface area contributed by atoms with E-state index in [1.807, 2.05) is 0 Å². The molecule has 0 bridgehead atoms. The molecule has 0 atom stereocenters. The minimum absolute atomic E-state index is 0.802. The van der Waals surface area contributed by atoms with E-state index in [1.54, 1.807) is 0 Å². The van der Waals surface area contributed by atoms with Crippen molar-refractivity contribution in [2.24, 2.45) is 0 Å². The fourth-order valence-electron chi connectivity index (χ4n) is 3.67. The normalized spacial score (nSPS) is 26.8. The fourth-order valence-corrected chi connectivity index (χ4v) is 3.67. The van der Waals surface area contributed by atoms with Crippen molar-refractivity contribution in [3.8, 4) is 0 Å². The van der Waals surface area contributed by atoms with Crippen LogP contribution >= 0.6 is 0 Å². The van der Waals surface area contributed by atoms with Crippen molar-refractivity contribution in [1.82, 2.24) is 15.1 Å². The van der Waals surface area contributed by atoms with E-state index in [2.05, 4.69) is 21.7 Å². The molecule has 0 spiro atoms. The van der Waals surface area contributed by atoms with E-state index in [9.17, 15) is 0 Å². The van der Waals surface area contributed by atoms with Crippen LogP contribution in [0.4, 0.5) is 0 Å². The number of likely N-dealkylation sites (tertiary alicyclic amines) is 2. The van der Waals surface area contributed by atoms with Gasteiger partial charge in [0.05, 0.1) is 0 Å². The lowest BCUT2D eigenvalue weighted by atomic mass is 9.99. The Labute approximate surface area is 124 Å². The molecule has 0 aromatic heterocycles. The van der Waals surface area contributed by atoms with Crippen LogP contribution < -0.4 is 5.32 Å². The van der Waals surface area contributed by atoms with Gasteiger partial charge < -0.3 is 10.2 Å². The van der Waals surface area contributed by atoms with E-state index in [0.29, 0.717) is 0 Å². The van der Waals surface area contributed by atoms with Crippen LogP contribution in [0.2, 0.25) is 0 Å². The Bertz CT molecular complexity index is 310. The SMILES string of the molecule is C=C(CNC1CC1)CN1CCC(N2CCCCC2)CC1. The van der Waals surface area contributed by atoms with Crippen LogP contribution in [0.25, 0.3) is 0 Å². The van der Waals surface area contributed by atoms with Gasteiger partial charge in [0.2, 0.25) is 0 Å². The summed E-state index contributed by atoms with van der Waals surface area (Å²) in [6.07, 6.45) is 9.76. The maximum atomic E-state index is 4.24. The summed E-state index contributed by atoms with van der Waals surface area (Å²) in [7, 11) is 0. The number of nitrogens with zero attached hydrogens (tertiary/aromatic N) is 2. The molecular weight excluding hydrogens is 246 g/mol. The molecule has 3 fully saturated rings. The largest absolute Gasteiger partial charge is 0.310 e. The molecule has 0 amide bonds. The summed E-state index contributed by atoms with van der Waals surface area (Å²) in [4.78, 5) is 5.36. The zero-order chi connectivity index (χ0) is 13.8. The van der Waals surface area contributed by atoms with Crippen LogP contribution in [-0.4, -0.2) is 61.2 Å². The molecule has 0 aromatic carbocycles. The maximum absolute atomic E-state index is 4.24. The lowest BCUT2D eigenvalue weighted by Crippen LogP contribution is -2.47. The van der Waals surface area contributed by atoms with E-state index in [-0.39, 0.29) is 0 Å². The lowest BCUT2D eigenvalue weighted by Gasteiger charge is -2.40. The first-order valence-corrected chi connectivity index (χ1v) is 8.68. The van der Waals surface area contributed by atoms with Crippen LogP contribution in [0.5, 0.6) is 0 Å². The third-order valence-corrected chi connectivity index (χ3v) is 5.13. The molecule has 2 heterocycles. The van der Waals surface area contributed by atoms with E-state index in [4.69, 9.17) is 0 Å². The van der Waals surface area contributed by atoms with Crippen molar-refractivity contribution in [1.29, 1.82) is 0 Å². The van der Waals surface area contributed by atoms with Crippen LogP contribution in [0, 0.1) is 0 Å². The predicted octanol–water partition coefficient (Wildman–Crippen LogP) is 2.24. The van der Waals surface area contributed by atoms with Crippen molar-refractivity contribution < 1.29 is 0 Å². The van der Waals surface area contributed by atoms with Crippen LogP contribution in [0.1, 0.15) is 44.9 Å². The summed E-state index contributed by atoms with van der Waals surface area (Å²) >= 11 is 0.